The van der Waals surface area contributed by atoms with Crippen molar-refractivity contribution in [3.8, 4) is 11.5 Å². The SMILES string of the molecule is CCCNCc1cc(F)c(Oc2ccc(C)cc2)c(F)c1. The molecule has 0 aliphatic carbocycles. The first-order valence-corrected chi connectivity index (χ1v) is 7.03. The number of benzene rings is 2. The van der Waals surface area contributed by atoms with E-state index in [9.17, 15) is 8.78 Å². The Kier molecular flexibility index (Phi) is 5.28. The van der Waals surface area contributed by atoms with Crippen LogP contribution in [0.5, 0.6) is 11.5 Å². The topological polar surface area (TPSA) is 21.3 Å². The zero-order chi connectivity index (χ0) is 15.2. The normalized spacial score (nSPS) is 10.7. The molecule has 1 N–H and O–H groups in total. The van der Waals surface area contributed by atoms with Gasteiger partial charge in [-0.1, -0.05) is 24.6 Å². The molecule has 4 heteroatoms. The molecular formula is C17H19F2NO. The van der Waals surface area contributed by atoms with Gasteiger partial charge in [0, 0.05) is 6.54 Å². The van der Waals surface area contributed by atoms with Crippen molar-refractivity contribution in [1.29, 1.82) is 0 Å². The Balaban J connectivity index is 2.14. The molecule has 112 valence electrons. The molecule has 0 bridgehead atoms. The third-order valence-corrected chi connectivity index (χ3v) is 3.05. The summed E-state index contributed by atoms with van der Waals surface area (Å²) >= 11 is 0. The summed E-state index contributed by atoms with van der Waals surface area (Å²) in [6.07, 6.45) is 0.972. The predicted octanol–water partition coefficient (Wildman–Crippen LogP) is 4.57. The second-order valence-electron chi connectivity index (χ2n) is 4.98. The number of hydrogen-bond acceptors (Lipinski definition) is 2. The maximum Gasteiger partial charge on any atom is 0.198 e. The summed E-state index contributed by atoms with van der Waals surface area (Å²) in [7, 11) is 0. The number of ether oxygens (including phenoxy) is 1. The minimum absolute atomic E-state index is 0.363. The molecule has 0 spiro atoms. The maximum absolute atomic E-state index is 14.0. The fraction of sp³-hybridized carbons (Fsp3) is 0.294. The summed E-state index contributed by atoms with van der Waals surface area (Å²) in [6.45, 7) is 5.22. The first-order chi connectivity index (χ1) is 10.1. The molecule has 0 atom stereocenters. The van der Waals surface area contributed by atoms with E-state index >= 15 is 0 Å². The summed E-state index contributed by atoms with van der Waals surface area (Å²) in [6, 6.07) is 9.63. The number of aryl methyl sites for hydroxylation is 1. The molecule has 2 aromatic carbocycles. The molecule has 2 nitrogen and oxygen atoms in total. The van der Waals surface area contributed by atoms with E-state index in [1.165, 1.54) is 12.1 Å². The van der Waals surface area contributed by atoms with Gasteiger partial charge in [0.15, 0.2) is 17.4 Å². The zero-order valence-corrected chi connectivity index (χ0v) is 12.2. The molecule has 0 aromatic heterocycles. The Morgan fingerprint density at radius 3 is 2.24 bits per heavy atom. The largest absolute Gasteiger partial charge is 0.451 e. The molecule has 0 amide bonds. The van der Waals surface area contributed by atoms with Gasteiger partial charge in [0.1, 0.15) is 5.75 Å². The van der Waals surface area contributed by atoms with Crippen LogP contribution in [0, 0.1) is 18.6 Å². The Morgan fingerprint density at radius 2 is 1.67 bits per heavy atom. The molecule has 0 radical (unpaired) electrons. The standard InChI is InChI=1S/C17H19F2NO/c1-3-8-20-11-13-9-15(18)17(16(19)10-13)21-14-6-4-12(2)5-7-14/h4-7,9-10,20H,3,8,11H2,1-2H3. The summed E-state index contributed by atoms with van der Waals surface area (Å²) in [5.41, 5.74) is 1.62. The van der Waals surface area contributed by atoms with Gasteiger partial charge in [-0.15, -0.1) is 0 Å². The molecule has 0 aliphatic heterocycles. The highest BCUT2D eigenvalue weighted by atomic mass is 19.1. The summed E-state index contributed by atoms with van der Waals surface area (Å²) in [5.74, 6) is -1.33. The van der Waals surface area contributed by atoms with Crippen LogP contribution >= 0.6 is 0 Å². The Morgan fingerprint density at radius 1 is 1.05 bits per heavy atom. The van der Waals surface area contributed by atoms with E-state index in [2.05, 4.69) is 5.32 Å². The van der Waals surface area contributed by atoms with Crippen molar-refractivity contribution >= 4 is 0 Å². The number of rotatable bonds is 6. The second-order valence-corrected chi connectivity index (χ2v) is 4.98. The first-order valence-electron chi connectivity index (χ1n) is 7.03. The minimum Gasteiger partial charge on any atom is -0.451 e. The van der Waals surface area contributed by atoms with E-state index in [0.717, 1.165) is 18.5 Å². The van der Waals surface area contributed by atoms with E-state index in [0.29, 0.717) is 17.9 Å². The van der Waals surface area contributed by atoms with Gasteiger partial charge in [0.05, 0.1) is 0 Å². The third kappa shape index (κ3) is 4.26. The lowest BCUT2D eigenvalue weighted by molar-refractivity contribution is 0.406. The number of nitrogens with one attached hydrogen (secondary N) is 1. The van der Waals surface area contributed by atoms with E-state index in [-0.39, 0.29) is 5.75 Å². The van der Waals surface area contributed by atoms with Crippen molar-refractivity contribution < 1.29 is 13.5 Å². The quantitative estimate of drug-likeness (QED) is 0.787. The third-order valence-electron chi connectivity index (χ3n) is 3.05. The average Bonchev–Trinajstić information content (AvgIpc) is 2.45. The summed E-state index contributed by atoms with van der Waals surface area (Å²) in [5, 5.41) is 3.11. The molecule has 0 unspecified atom stereocenters. The zero-order valence-electron chi connectivity index (χ0n) is 12.2. The molecule has 0 heterocycles. The monoisotopic (exact) mass is 291 g/mol. The fourth-order valence-corrected chi connectivity index (χ4v) is 1.95. The van der Waals surface area contributed by atoms with Crippen molar-refractivity contribution in [2.45, 2.75) is 26.8 Å². The van der Waals surface area contributed by atoms with Crippen LogP contribution in [0.3, 0.4) is 0 Å². The second kappa shape index (κ2) is 7.18. The Labute approximate surface area is 123 Å². The van der Waals surface area contributed by atoms with Crippen molar-refractivity contribution in [2.75, 3.05) is 6.54 Å². The summed E-state index contributed by atoms with van der Waals surface area (Å²) in [4.78, 5) is 0. The highest BCUT2D eigenvalue weighted by Crippen LogP contribution is 2.28. The fourth-order valence-electron chi connectivity index (χ4n) is 1.95. The van der Waals surface area contributed by atoms with Crippen LogP contribution in [0.25, 0.3) is 0 Å². The van der Waals surface area contributed by atoms with Gasteiger partial charge < -0.3 is 10.1 Å². The highest BCUT2D eigenvalue weighted by Gasteiger charge is 2.13. The smallest absolute Gasteiger partial charge is 0.198 e. The van der Waals surface area contributed by atoms with Crippen LogP contribution in [0.2, 0.25) is 0 Å². The lowest BCUT2D eigenvalue weighted by Crippen LogP contribution is -2.14. The van der Waals surface area contributed by atoms with Gasteiger partial charge in [0.25, 0.3) is 0 Å². The molecule has 0 saturated carbocycles. The van der Waals surface area contributed by atoms with Crippen LogP contribution in [0.1, 0.15) is 24.5 Å². The predicted molar refractivity (Wildman–Crippen MR) is 79.6 cm³/mol. The molecular weight excluding hydrogens is 272 g/mol. The van der Waals surface area contributed by atoms with Crippen LogP contribution in [0.15, 0.2) is 36.4 Å². The average molecular weight is 291 g/mol. The van der Waals surface area contributed by atoms with Crippen LogP contribution in [-0.2, 0) is 6.54 Å². The Bertz CT molecular complexity index is 573. The molecule has 0 aliphatic rings. The highest BCUT2D eigenvalue weighted by molar-refractivity contribution is 5.36. The lowest BCUT2D eigenvalue weighted by Gasteiger charge is -2.10. The minimum atomic E-state index is -0.691. The van der Waals surface area contributed by atoms with Gasteiger partial charge in [-0.3, -0.25) is 0 Å². The van der Waals surface area contributed by atoms with Crippen LogP contribution in [-0.4, -0.2) is 6.54 Å². The van der Waals surface area contributed by atoms with Gasteiger partial charge in [0.2, 0.25) is 0 Å². The maximum atomic E-state index is 14.0. The first kappa shape index (κ1) is 15.4. The van der Waals surface area contributed by atoms with Crippen LogP contribution in [0.4, 0.5) is 8.78 Å². The van der Waals surface area contributed by atoms with E-state index in [1.807, 2.05) is 26.0 Å². The molecule has 21 heavy (non-hydrogen) atoms. The van der Waals surface area contributed by atoms with Crippen LogP contribution < -0.4 is 10.1 Å². The molecule has 0 saturated heterocycles. The summed E-state index contributed by atoms with van der Waals surface area (Å²) < 4.78 is 33.3. The number of halogens is 2. The van der Waals surface area contributed by atoms with Crippen molar-refractivity contribution in [1.82, 2.24) is 5.32 Å². The molecule has 2 rings (SSSR count). The van der Waals surface area contributed by atoms with Crippen molar-refractivity contribution in [2.24, 2.45) is 0 Å². The molecule has 0 fully saturated rings. The van der Waals surface area contributed by atoms with E-state index in [4.69, 9.17) is 4.74 Å². The lowest BCUT2D eigenvalue weighted by atomic mass is 10.2. The van der Waals surface area contributed by atoms with Gasteiger partial charge in [-0.05, 0) is 49.7 Å². The van der Waals surface area contributed by atoms with E-state index < -0.39 is 11.6 Å². The van der Waals surface area contributed by atoms with Gasteiger partial charge >= 0.3 is 0 Å². The van der Waals surface area contributed by atoms with E-state index in [1.54, 1.807) is 12.1 Å². The Hall–Kier alpha value is -1.94. The van der Waals surface area contributed by atoms with Crippen molar-refractivity contribution in [3.05, 3.63) is 59.2 Å². The molecule has 2 aromatic rings. The van der Waals surface area contributed by atoms with Gasteiger partial charge in [-0.25, -0.2) is 8.78 Å². The number of hydrogen-bond donors (Lipinski definition) is 1. The van der Waals surface area contributed by atoms with Crippen molar-refractivity contribution in [3.63, 3.8) is 0 Å². The van der Waals surface area contributed by atoms with Gasteiger partial charge in [-0.2, -0.15) is 0 Å².